The molecule has 2 aromatic heterocycles. The Balaban J connectivity index is 1.79. The molecule has 0 bridgehead atoms. The Bertz CT molecular complexity index is 739. The first-order valence-electron chi connectivity index (χ1n) is 8.72. The third-order valence-corrected chi connectivity index (χ3v) is 4.07. The fraction of sp³-hybridized carbons (Fsp3) is 0.471. The number of hydrogen-bond acceptors (Lipinski definition) is 9. The lowest BCUT2D eigenvalue weighted by Gasteiger charge is -2.21. The molecule has 0 aliphatic carbocycles. The molecular weight excluding hydrogens is 334 g/mol. The number of ether oxygens (including phenoxy) is 1. The van der Waals surface area contributed by atoms with Gasteiger partial charge in [-0.25, -0.2) is 0 Å². The molecule has 5 N–H and O–H groups in total. The summed E-state index contributed by atoms with van der Waals surface area (Å²) < 4.78 is 5.57. The van der Waals surface area contributed by atoms with Gasteiger partial charge in [-0.2, -0.15) is 9.97 Å². The highest BCUT2D eigenvalue weighted by Crippen LogP contribution is 2.37. The normalized spacial score (nSPS) is 15.7. The quantitative estimate of drug-likeness (QED) is 0.512. The van der Waals surface area contributed by atoms with E-state index in [0.29, 0.717) is 24.7 Å². The first-order valence-corrected chi connectivity index (χ1v) is 8.72. The van der Waals surface area contributed by atoms with Crippen LogP contribution >= 0.6 is 0 Å². The summed E-state index contributed by atoms with van der Waals surface area (Å²) in [6.45, 7) is 3.75. The van der Waals surface area contributed by atoms with Crippen LogP contribution in [0.5, 0.6) is 6.01 Å². The van der Waals surface area contributed by atoms with Crippen molar-refractivity contribution in [3.05, 3.63) is 29.6 Å². The molecular formula is C17H25N7O2. The number of aliphatic hydroxyl groups is 1. The Kier molecular flexibility index (Phi) is 5.69. The van der Waals surface area contributed by atoms with Gasteiger partial charge in [-0.1, -0.05) is 19.4 Å². The van der Waals surface area contributed by atoms with Gasteiger partial charge in [-0.05, 0) is 25.1 Å². The van der Waals surface area contributed by atoms with Crippen molar-refractivity contribution in [2.45, 2.75) is 39.2 Å². The van der Waals surface area contributed by atoms with Gasteiger partial charge in [-0.15, -0.1) is 0 Å². The zero-order valence-corrected chi connectivity index (χ0v) is 15.1. The summed E-state index contributed by atoms with van der Waals surface area (Å²) in [4.78, 5) is 14.7. The van der Waals surface area contributed by atoms with Crippen molar-refractivity contribution >= 4 is 17.3 Å². The smallest absolute Gasteiger partial charge is 0.320 e. The number of hydrogen-bond donors (Lipinski definition) is 4. The molecule has 0 saturated carbocycles. The fourth-order valence-corrected chi connectivity index (χ4v) is 2.68. The van der Waals surface area contributed by atoms with E-state index in [-0.39, 0.29) is 11.8 Å². The lowest BCUT2D eigenvalue weighted by molar-refractivity contribution is 0.201. The van der Waals surface area contributed by atoms with Gasteiger partial charge in [0.2, 0.25) is 6.35 Å². The molecule has 9 nitrogen and oxygen atoms in total. The lowest BCUT2D eigenvalue weighted by Crippen LogP contribution is -2.35. The average molecular weight is 359 g/mol. The SMILES string of the molecule is CCCCOc1nc(N)c2c(n1)N(Cc1ccc(CNC)cn1)C(O)N2. The Labute approximate surface area is 152 Å². The third-order valence-electron chi connectivity index (χ3n) is 4.07. The zero-order valence-electron chi connectivity index (χ0n) is 15.1. The highest BCUT2D eigenvalue weighted by atomic mass is 16.5. The summed E-state index contributed by atoms with van der Waals surface area (Å²) >= 11 is 0. The molecule has 3 rings (SSSR count). The van der Waals surface area contributed by atoms with E-state index >= 15 is 0 Å². The van der Waals surface area contributed by atoms with E-state index in [2.05, 4.69) is 32.5 Å². The molecule has 1 aliphatic heterocycles. The van der Waals surface area contributed by atoms with Gasteiger partial charge in [0.05, 0.1) is 18.8 Å². The maximum atomic E-state index is 10.4. The van der Waals surface area contributed by atoms with Crippen molar-refractivity contribution in [1.82, 2.24) is 20.3 Å². The molecule has 0 spiro atoms. The molecule has 0 saturated heterocycles. The zero-order chi connectivity index (χ0) is 18.5. The summed E-state index contributed by atoms with van der Waals surface area (Å²) in [7, 11) is 1.89. The minimum absolute atomic E-state index is 0.216. The number of nitrogens with one attached hydrogen (secondary N) is 2. The summed E-state index contributed by atoms with van der Waals surface area (Å²) in [6.07, 6.45) is 2.79. The van der Waals surface area contributed by atoms with Crippen LogP contribution in [0.15, 0.2) is 18.3 Å². The predicted octanol–water partition coefficient (Wildman–Crippen LogP) is 1.06. The van der Waals surface area contributed by atoms with Crippen molar-refractivity contribution in [2.24, 2.45) is 0 Å². The lowest BCUT2D eigenvalue weighted by atomic mass is 10.2. The summed E-state index contributed by atoms with van der Waals surface area (Å²) in [5, 5.41) is 16.3. The molecule has 140 valence electrons. The van der Waals surface area contributed by atoms with E-state index in [0.717, 1.165) is 30.6 Å². The molecule has 0 radical (unpaired) electrons. The Morgan fingerprint density at radius 2 is 2.23 bits per heavy atom. The second kappa shape index (κ2) is 8.15. The van der Waals surface area contributed by atoms with E-state index in [1.54, 1.807) is 4.90 Å². The number of nitrogen functional groups attached to an aromatic ring is 1. The van der Waals surface area contributed by atoms with E-state index in [1.165, 1.54) is 0 Å². The maximum Gasteiger partial charge on any atom is 0.320 e. The van der Waals surface area contributed by atoms with Gasteiger partial charge in [-0.3, -0.25) is 4.98 Å². The topological polar surface area (TPSA) is 121 Å². The molecule has 0 fully saturated rings. The number of anilines is 3. The van der Waals surface area contributed by atoms with Gasteiger partial charge in [0.25, 0.3) is 0 Å². The van der Waals surface area contributed by atoms with Gasteiger partial charge in [0, 0.05) is 12.7 Å². The average Bonchev–Trinajstić information content (AvgIpc) is 2.94. The fourth-order valence-electron chi connectivity index (χ4n) is 2.68. The van der Waals surface area contributed by atoms with Crippen molar-refractivity contribution in [1.29, 1.82) is 0 Å². The van der Waals surface area contributed by atoms with E-state index < -0.39 is 6.35 Å². The van der Waals surface area contributed by atoms with Crippen LogP contribution in [-0.2, 0) is 13.1 Å². The first-order chi connectivity index (χ1) is 12.6. The Hall–Kier alpha value is -2.65. The third kappa shape index (κ3) is 3.94. The van der Waals surface area contributed by atoms with Crippen molar-refractivity contribution < 1.29 is 9.84 Å². The monoisotopic (exact) mass is 359 g/mol. The number of fused-ring (bicyclic) bond motifs is 1. The van der Waals surface area contributed by atoms with Crippen molar-refractivity contribution in [3.63, 3.8) is 0 Å². The van der Waals surface area contributed by atoms with Gasteiger partial charge < -0.3 is 31.1 Å². The van der Waals surface area contributed by atoms with Crippen LogP contribution in [0.3, 0.4) is 0 Å². The van der Waals surface area contributed by atoms with E-state index in [1.807, 2.05) is 25.4 Å². The Morgan fingerprint density at radius 1 is 1.38 bits per heavy atom. The number of nitrogens with zero attached hydrogens (tertiary/aromatic N) is 4. The number of aliphatic hydroxyl groups excluding tert-OH is 1. The molecule has 3 heterocycles. The van der Waals surface area contributed by atoms with Crippen LogP contribution < -0.4 is 26.0 Å². The molecule has 0 amide bonds. The standard InChI is InChI=1S/C17H25N7O2/c1-3-4-7-26-16-22-14(18)13-15(23-16)24(17(25)21-13)10-12-6-5-11(8-19-2)9-20-12/h5-6,9,17,19,21,25H,3-4,7-8,10H2,1-2H3,(H2,18,22,23). The summed E-state index contributed by atoms with van der Waals surface area (Å²) in [6, 6.07) is 4.15. The first kappa shape index (κ1) is 18.2. The molecule has 1 unspecified atom stereocenters. The van der Waals surface area contributed by atoms with Crippen molar-refractivity contribution in [3.8, 4) is 6.01 Å². The van der Waals surface area contributed by atoms with Crippen LogP contribution in [0, 0.1) is 0 Å². The van der Waals surface area contributed by atoms with Crippen LogP contribution in [0.1, 0.15) is 31.0 Å². The molecule has 1 atom stereocenters. The van der Waals surface area contributed by atoms with E-state index in [4.69, 9.17) is 10.5 Å². The minimum atomic E-state index is -0.953. The predicted molar refractivity (Wildman–Crippen MR) is 99.7 cm³/mol. The number of nitrogens with two attached hydrogens (primary N) is 1. The summed E-state index contributed by atoms with van der Waals surface area (Å²) in [5.74, 6) is 0.762. The maximum absolute atomic E-state index is 10.4. The van der Waals surface area contributed by atoms with Crippen molar-refractivity contribution in [2.75, 3.05) is 29.6 Å². The second-order valence-electron chi connectivity index (χ2n) is 6.13. The number of unbranched alkanes of at least 4 members (excludes halogenated alkanes) is 1. The van der Waals surface area contributed by atoms with Gasteiger partial charge in [0.1, 0.15) is 5.69 Å². The van der Waals surface area contributed by atoms with Crippen LogP contribution in [0.4, 0.5) is 17.3 Å². The number of aromatic nitrogens is 3. The second-order valence-corrected chi connectivity index (χ2v) is 6.13. The van der Waals surface area contributed by atoms with Crippen LogP contribution in [0.2, 0.25) is 0 Å². The van der Waals surface area contributed by atoms with Crippen LogP contribution in [0.25, 0.3) is 0 Å². The molecule has 9 heteroatoms. The molecule has 0 aromatic carbocycles. The van der Waals surface area contributed by atoms with Gasteiger partial charge >= 0.3 is 6.01 Å². The van der Waals surface area contributed by atoms with E-state index in [9.17, 15) is 5.11 Å². The highest BCUT2D eigenvalue weighted by molar-refractivity contribution is 5.81. The molecule has 26 heavy (non-hydrogen) atoms. The molecule has 1 aliphatic rings. The highest BCUT2D eigenvalue weighted by Gasteiger charge is 2.32. The molecule has 2 aromatic rings. The van der Waals surface area contributed by atoms with Gasteiger partial charge in [0.15, 0.2) is 11.6 Å². The largest absolute Gasteiger partial charge is 0.463 e. The Morgan fingerprint density at radius 3 is 2.92 bits per heavy atom. The van der Waals surface area contributed by atoms with Crippen LogP contribution in [-0.4, -0.2) is 40.1 Å². The summed E-state index contributed by atoms with van der Waals surface area (Å²) in [5.41, 5.74) is 8.40. The number of pyridine rings is 1. The minimum Gasteiger partial charge on any atom is -0.463 e. The number of rotatable bonds is 8.